The highest BCUT2D eigenvalue weighted by Gasteiger charge is 2.11. The molecule has 18 heavy (non-hydrogen) atoms. The quantitative estimate of drug-likeness (QED) is 0.871. The van der Waals surface area contributed by atoms with Gasteiger partial charge in [0.25, 0.3) is 0 Å². The summed E-state index contributed by atoms with van der Waals surface area (Å²) in [6.45, 7) is 3.45. The molecule has 1 amide bonds. The first kappa shape index (κ1) is 14.3. The molecule has 0 heterocycles. The molecule has 0 aromatic heterocycles. The molecule has 7 heteroatoms. The first-order valence-corrected chi connectivity index (χ1v) is 7.10. The number of hydrogen-bond donors (Lipinski definition) is 2. The van der Waals surface area contributed by atoms with Crippen LogP contribution in [0.2, 0.25) is 0 Å². The van der Waals surface area contributed by atoms with Crippen molar-refractivity contribution < 1.29 is 17.9 Å². The fourth-order valence-electron chi connectivity index (χ4n) is 1.36. The Kier molecular flexibility index (Phi) is 4.18. The van der Waals surface area contributed by atoms with Crippen LogP contribution in [0.5, 0.6) is 5.75 Å². The molecule has 0 fully saturated rings. The summed E-state index contributed by atoms with van der Waals surface area (Å²) in [5, 5.41) is 2.34. The number of amides is 1. The molecule has 2 N–H and O–H groups in total. The molecular formula is C11H16N2O4S. The number of carbonyl (C=O) groups is 1. The van der Waals surface area contributed by atoms with Crippen LogP contribution in [0.1, 0.15) is 11.1 Å². The monoisotopic (exact) mass is 272 g/mol. The number of benzene rings is 1. The van der Waals surface area contributed by atoms with E-state index >= 15 is 0 Å². The van der Waals surface area contributed by atoms with Gasteiger partial charge in [0, 0.05) is 7.05 Å². The van der Waals surface area contributed by atoms with Gasteiger partial charge in [0.15, 0.2) is 0 Å². The molecule has 0 atom stereocenters. The Bertz CT molecular complexity index is 567. The van der Waals surface area contributed by atoms with Gasteiger partial charge in [0.2, 0.25) is 10.0 Å². The maximum Gasteiger partial charge on any atom is 0.412 e. The Balaban J connectivity index is 3.08. The van der Waals surface area contributed by atoms with Crippen LogP contribution >= 0.6 is 0 Å². The standard InChI is InChI=1S/C11H16N2O4S/c1-7-6-10(17-11(14)12-3)8(2)5-9(7)13-18(4,15)16/h5-6,13H,1-4H3,(H,12,14). The van der Waals surface area contributed by atoms with Crippen molar-refractivity contribution in [3.8, 4) is 5.75 Å². The van der Waals surface area contributed by atoms with Crippen LogP contribution in [-0.4, -0.2) is 27.8 Å². The maximum atomic E-state index is 11.2. The second-order valence-electron chi connectivity index (χ2n) is 3.95. The van der Waals surface area contributed by atoms with Crippen molar-refractivity contribution in [1.29, 1.82) is 0 Å². The van der Waals surface area contributed by atoms with Gasteiger partial charge in [0.05, 0.1) is 11.9 Å². The number of anilines is 1. The summed E-state index contributed by atoms with van der Waals surface area (Å²) in [5.41, 5.74) is 1.81. The van der Waals surface area contributed by atoms with Crippen LogP contribution in [0.3, 0.4) is 0 Å². The van der Waals surface area contributed by atoms with Crippen molar-refractivity contribution in [2.45, 2.75) is 13.8 Å². The predicted octanol–water partition coefficient (Wildman–Crippen LogP) is 1.39. The summed E-state index contributed by atoms with van der Waals surface area (Å²) in [6.07, 6.45) is 0.512. The first-order valence-electron chi connectivity index (χ1n) is 5.21. The minimum Gasteiger partial charge on any atom is -0.410 e. The Morgan fingerprint density at radius 1 is 1.22 bits per heavy atom. The van der Waals surface area contributed by atoms with E-state index in [-0.39, 0.29) is 0 Å². The Labute approximate surface area is 106 Å². The summed E-state index contributed by atoms with van der Waals surface area (Å²) in [7, 11) is -1.86. The minimum atomic E-state index is -3.33. The van der Waals surface area contributed by atoms with Crippen molar-refractivity contribution in [3.05, 3.63) is 23.3 Å². The van der Waals surface area contributed by atoms with Crippen LogP contribution in [0.15, 0.2) is 12.1 Å². The van der Waals surface area contributed by atoms with Crippen molar-refractivity contribution in [2.75, 3.05) is 18.0 Å². The lowest BCUT2D eigenvalue weighted by Gasteiger charge is -2.12. The molecule has 1 aromatic carbocycles. The zero-order valence-corrected chi connectivity index (χ0v) is 11.5. The molecular weight excluding hydrogens is 256 g/mol. The summed E-state index contributed by atoms with van der Waals surface area (Å²) in [4.78, 5) is 11.1. The lowest BCUT2D eigenvalue weighted by Crippen LogP contribution is -2.22. The minimum absolute atomic E-state index is 0.394. The van der Waals surface area contributed by atoms with E-state index in [2.05, 4.69) is 10.0 Å². The van der Waals surface area contributed by atoms with Crippen LogP contribution in [-0.2, 0) is 10.0 Å². The summed E-state index contributed by atoms with van der Waals surface area (Å²) in [6, 6.07) is 3.23. The van der Waals surface area contributed by atoms with Gasteiger partial charge in [-0.1, -0.05) is 0 Å². The lowest BCUT2D eigenvalue weighted by atomic mass is 10.1. The SMILES string of the molecule is CNC(=O)Oc1cc(C)c(NS(C)(=O)=O)cc1C. The Hall–Kier alpha value is -1.76. The van der Waals surface area contributed by atoms with Crippen molar-refractivity contribution in [2.24, 2.45) is 0 Å². The molecule has 0 radical (unpaired) electrons. The third-order valence-corrected chi connectivity index (χ3v) is 2.81. The topological polar surface area (TPSA) is 84.5 Å². The van der Waals surface area contributed by atoms with Crippen LogP contribution in [0, 0.1) is 13.8 Å². The molecule has 0 saturated heterocycles. The molecule has 0 aliphatic heterocycles. The highest BCUT2D eigenvalue weighted by atomic mass is 32.2. The van der Waals surface area contributed by atoms with Crippen LogP contribution < -0.4 is 14.8 Å². The Morgan fingerprint density at radius 3 is 2.33 bits per heavy atom. The van der Waals surface area contributed by atoms with E-state index in [0.29, 0.717) is 22.6 Å². The van der Waals surface area contributed by atoms with Gasteiger partial charge in [-0.3, -0.25) is 4.72 Å². The zero-order valence-electron chi connectivity index (χ0n) is 10.7. The third kappa shape index (κ3) is 3.92. The van der Waals surface area contributed by atoms with Gasteiger partial charge in [-0.2, -0.15) is 0 Å². The molecule has 0 aliphatic rings. The van der Waals surface area contributed by atoms with E-state index in [9.17, 15) is 13.2 Å². The van der Waals surface area contributed by atoms with Crippen molar-refractivity contribution >= 4 is 21.8 Å². The summed E-state index contributed by atoms with van der Waals surface area (Å²) >= 11 is 0. The largest absolute Gasteiger partial charge is 0.412 e. The molecule has 6 nitrogen and oxygen atoms in total. The average molecular weight is 272 g/mol. The first-order chi connectivity index (χ1) is 8.23. The fraction of sp³-hybridized carbons (Fsp3) is 0.364. The number of carbonyl (C=O) groups excluding carboxylic acids is 1. The van der Waals surface area contributed by atoms with Crippen molar-refractivity contribution in [3.63, 3.8) is 0 Å². The molecule has 1 aromatic rings. The van der Waals surface area contributed by atoms with Gasteiger partial charge < -0.3 is 10.1 Å². The lowest BCUT2D eigenvalue weighted by molar-refractivity contribution is 0.202. The molecule has 100 valence electrons. The van der Waals surface area contributed by atoms with Gasteiger partial charge in [-0.15, -0.1) is 0 Å². The molecule has 0 bridgehead atoms. The molecule has 0 aliphatic carbocycles. The number of nitrogens with one attached hydrogen (secondary N) is 2. The number of aryl methyl sites for hydroxylation is 2. The van der Waals surface area contributed by atoms with Gasteiger partial charge >= 0.3 is 6.09 Å². The number of hydrogen-bond acceptors (Lipinski definition) is 4. The predicted molar refractivity (Wildman–Crippen MR) is 69.5 cm³/mol. The maximum absolute atomic E-state index is 11.2. The summed E-state index contributed by atoms with van der Waals surface area (Å²) < 4.78 is 29.8. The van der Waals surface area contributed by atoms with E-state index in [1.54, 1.807) is 26.0 Å². The third-order valence-electron chi connectivity index (χ3n) is 2.22. The number of ether oxygens (including phenoxy) is 1. The second-order valence-corrected chi connectivity index (χ2v) is 5.69. The second kappa shape index (κ2) is 5.26. The van der Waals surface area contributed by atoms with Gasteiger partial charge in [0.1, 0.15) is 5.75 Å². The van der Waals surface area contributed by atoms with E-state index < -0.39 is 16.1 Å². The Morgan fingerprint density at radius 2 is 1.83 bits per heavy atom. The van der Waals surface area contributed by atoms with Crippen LogP contribution in [0.4, 0.5) is 10.5 Å². The van der Waals surface area contributed by atoms with E-state index in [0.717, 1.165) is 6.26 Å². The van der Waals surface area contributed by atoms with Crippen LogP contribution in [0.25, 0.3) is 0 Å². The fourth-order valence-corrected chi connectivity index (χ4v) is 1.98. The highest BCUT2D eigenvalue weighted by molar-refractivity contribution is 7.92. The number of rotatable bonds is 3. The van der Waals surface area contributed by atoms with Crippen molar-refractivity contribution in [1.82, 2.24) is 5.32 Å². The zero-order chi connectivity index (χ0) is 13.9. The average Bonchev–Trinajstić information content (AvgIpc) is 2.23. The molecule has 1 rings (SSSR count). The number of sulfonamides is 1. The van der Waals surface area contributed by atoms with E-state index in [1.165, 1.54) is 7.05 Å². The molecule has 0 spiro atoms. The smallest absolute Gasteiger partial charge is 0.410 e. The molecule has 0 saturated carbocycles. The van der Waals surface area contributed by atoms with E-state index in [4.69, 9.17) is 4.74 Å². The summed E-state index contributed by atoms with van der Waals surface area (Å²) in [5.74, 6) is 0.394. The highest BCUT2D eigenvalue weighted by Crippen LogP contribution is 2.26. The van der Waals surface area contributed by atoms with E-state index in [1.807, 2.05) is 0 Å². The van der Waals surface area contributed by atoms with Gasteiger partial charge in [-0.25, -0.2) is 13.2 Å². The molecule has 0 unspecified atom stereocenters. The normalized spacial score (nSPS) is 10.9. The van der Waals surface area contributed by atoms with Gasteiger partial charge in [-0.05, 0) is 37.1 Å².